The van der Waals surface area contributed by atoms with Gasteiger partial charge >= 0.3 is 0 Å². The van der Waals surface area contributed by atoms with E-state index in [1.165, 1.54) is 35.0 Å². The van der Waals surface area contributed by atoms with Gasteiger partial charge in [-0.15, -0.1) is 10.2 Å². The molecule has 0 fully saturated rings. The van der Waals surface area contributed by atoms with Gasteiger partial charge < -0.3 is 15.1 Å². The van der Waals surface area contributed by atoms with Crippen molar-refractivity contribution in [2.75, 3.05) is 18.4 Å². The lowest BCUT2D eigenvalue weighted by molar-refractivity contribution is -0.118. The maximum Gasteiger partial charge on any atom is 0.251 e. The maximum atomic E-state index is 13.0. The summed E-state index contributed by atoms with van der Waals surface area (Å²) in [4.78, 5) is 26.0. The minimum absolute atomic E-state index is 0.0252. The van der Waals surface area contributed by atoms with Crippen LogP contribution in [0.15, 0.2) is 64.2 Å². The average Bonchev–Trinajstić information content (AvgIpc) is 3.38. The fourth-order valence-electron chi connectivity index (χ4n) is 3.52. The normalized spacial score (nSPS) is 12.5. The summed E-state index contributed by atoms with van der Waals surface area (Å²) in [7, 11) is -3.73. The van der Waals surface area contributed by atoms with E-state index >= 15 is 0 Å². The Hall–Kier alpha value is -3.57. The number of carbonyl (C=O) groups is 2. The van der Waals surface area contributed by atoms with E-state index in [1.54, 1.807) is 52.0 Å². The van der Waals surface area contributed by atoms with Crippen LogP contribution in [0.25, 0.3) is 11.5 Å². The summed E-state index contributed by atoms with van der Waals surface area (Å²) in [5, 5.41) is 13.0. The molecule has 3 aromatic rings. The smallest absolute Gasteiger partial charge is 0.251 e. The van der Waals surface area contributed by atoms with E-state index in [0.29, 0.717) is 30.2 Å². The number of aromatic nitrogens is 2. The lowest BCUT2D eigenvalue weighted by Crippen LogP contribution is -2.47. The maximum absolute atomic E-state index is 13.0. The SMILES string of the molecule is CCN(CC)S(=O)(=O)c1cccc(C(=O)NC(C(=O)Nc2cccc(-c3nnco3)c2)C(C)C)c1. The van der Waals surface area contributed by atoms with Crippen LogP contribution >= 0.6 is 0 Å². The van der Waals surface area contributed by atoms with Gasteiger partial charge in [-0.2, -0.15) is 4.31 Å². The first-order valence-corrected chi connectivity index (χ1v) is 12.7. The summed E-state index contributed by atoms with van der Waals surface area (Å²) >= 11 is 0. The molecule has 0 radical (unpaired) electrons. The van der Waals surface area contributed by atoms with Crippen LogP contribution in [-0.4, -0.2) is 53.9 Å². The van der Waals surface area contributed by atoms with Crippen molar-refractivity contribution in [1.29, 1.82) is 0 Å². The van der Waals surface area contributed by atoms with Gasteiger partial charge in [0.2, 0.25) is 28.2 Å². The summed E-state index contributed by atoms with van der Waals surface area (Å²) < 4.78 is 32.2. The molecule has 0 saturated heterocycles. The molecule has 3 rings (SSSR count). The van der Waals surface area contributed by atoms with Gasteiger partial charge in [0.05, 0.1) is 4.90 Å². The second kappa shape index (κ2) is 11.2. The van der Waals surface area contributed by atoms with Gasteiger partial charge in [-0.1, -0.05) is 39.8 Å². The largest absolute Gasteiger partial charge is 0.423 e. The highest BCUT2D eigenvalue weighted by Crippen LogP contribution is 2.21. The number of carbonyl (C=O) groups excluding carboxylic acids is 2. The van der Waals surface area contributed by atoms with E-state index in [1.807, 2.05) is 0 Å². The lowest BCUT2D eigenvalue weighted by Gasteiger charge is -2.22. The van der Waals surface area contributed by atoms with E-state index in [4.69, 9.17) is 4.42 Å². The first-order chi connectivity index (χ1) is 16.7. The number of sulfonamides is 1. The van der Waals surface area contributed by atoms with Gasteiger partial charge in [0.15, 0.2) is 0 Å². The van der Waals surface area contributed by atoms with Crippen LogP contribution < -0.4 is 10.6 Å². The number of anilines is 1. The Morgan fingerprint density at radius 1 is 1.06 bits per heavy atom. The zero-order valence-electron chi connectivity index (χ0n) is 20.1. The molecule has 0 aliphatic rings. The van der Waals surface area contributed by atoms with E-state index < -0.39 is 27.9 Å². The third-order valence-electron chi connectivity index (χ3n) is 5.41. The summed E-state index contributed by atoms with van der Waals surface area (Å²) in [5.74, 6) is -0.881. The average molecular weight is 500 g/mol. The van der Waals surface area contributed by atoms with Crippen molar-refractivity contribution in [2.45, 2.75) is 38.6 Å². The van der Waals surface area contributed by atoms with Crippen molar-refractivity contribution >= 4 is 27.5 Å². The van der Waals surface area contributed by atoms with Gasteiger partial charge in [0, 0.05) is 29.9 Å². The molecule has 1 aromatic heterocycles. The molecular formula is C24H29N5O5S. The molecule has 0 aliphatic carbocycles. The van der Waals surface area contributed by atoms with Crippen LogP contribution in [0.5, 0.6) is 0 Å². The van der Waals surface area contributed by atoms with Crippen molar-refractivity contribution in [3.63, 3.8) is 0 Å². The molecule has 1 heterocycles. The van der Waals surface area contributed by atoms with Crippen molar-refractivity contribution in [3.8, 4) is 11.5 Å². The number of nitrogens with zero attached hydrogens (tertiary/aromatic N) is 3. The zero-order valence-corrected chi connectivity index (χ0v) is 20.9. The van der Waals surface area contributed by atoms with E-state index in [9.17, 15) is 18.0 Å². The highest BCUT2D eigenvalue weighted by molar-refractivity contribution is 7.89. The quantitative estimate of drug-likeness (QED) is 0.437. The molecule has 1 atom stereocenters. The molecule has 2 amide bonds. The van der Waals surface area contributed by atoms with Crippen LogP contribution in [0.3, 0.4) is 0 Å². The molecule has 0 saturated carbocycles. The van der Waals surface area contributed by atoms with Crippen molar-refractivity contribution in [3.05, 3.63) is 60.5 Å². The van der Waals surface area contributed by atoms with Crippen LogP contribution in [-0.2, 0) is 14.8 Å². The molecular weight excluding hydrogens is 470 g/mol. The Morgan fingerprint density at radius 3 is 2.40 bits per heavy atom. The minimum Gasteiger partial charge on any atom is -0.423 e. The van der Waals surface area contributed by atoms with Gasteiger partial charge in [-0.3, -0.25) is 9.59 Å². The molecule has 35 heavy (non-hydrogen) atoms. The summed E-state index contributed by atoms with van der Waals surface area (Å²) in [6, 6.07) is 11.8. The number of hydrogen-bond donors (Lipinski definition) is 2. The Kier molecular flexibility index (Phi) is 8.36. The molecule has 0 aliphatic heterocycles. The van der Waals surface area contributed by atoms with Crippen LogP contribution in [0.1, 0.15) is 38.1 Å². The molecule has 2 aromatic carbocycles. The Bertz CT molecular complexity index is 1270. The van der Waals surface area contributed by atoms with Gasteiger partial charge in [-0.05, 0) is 42.3 Å². The van der Waals surface area contributed by atoms with Crippen LogP contribution in [0, 0.1) is 5.92 Å². The Balaban J connectivity index is 1.77. The third kappa shape index (κ3) is 6.11. The lowest BCUT2D eigenvalue weighted by atomic mass is 10.0. The second-order valence-corrected chi connectivity index (χ2v) is 10.1. The summed E-state index contributed by atoms with van der Waals surface area (Å²) in [5.41, 5.74) is 1.28. The number of nitrogens with one attached hydrogen (secondary N) is 2. The minimum atomic E-state index is -3.73. The number of rotatable bonds is 10. The second-order valence-electron chi connectivity index (χ2n) is 8.13. The van der Waals surface area contributed by atoms with Crippen molar-refractivity contribution in [2.24, 2.45) is 5.92 Å². The van der Waals surface area contributed by atoms with Crippen LogP contribution in [0.4, 0.5) is 5.69 Å². The fourth-order valence-corrected chi connectivity index (χ4v) is 5.02. The van der Waals surface area contributed by atoms with Crippen molar-refractivity contribution in [1.82, 2.24) is 19.8 Å². The standard InChI is InChI=1S/C24H29N5O5S/c1-5-29(6-2)35(32,33)20-12-8-9-17(14-20)22(30)27-21(16(3)4)23(31)26-19-11-7-10-18(13-19)24-28-25-15-34-24/h7-16,21H,5-6H2,1-4H3,(H,26,31)(H,27,30). The van der Waals surface area contributed by atoms with Gasteiger partial charge in [0.1, 0.15) is 6.04 Å². The monoisotopic (exact) mass is 499 g/mol. The summed E-state index contributed by atoms with van der Waals surface area (Å²) in [6.07, 6.45) is 1.22. The van der Waals surface area contributed by atoms with Gasteiger partial charge in [0.25, 0.3) is 5.91 Å². The molecule has 0 spiro atoms. The Labute approximate surface area is 204 Å². The predicted molar refractivity (Wildman–Crippen MR) is 131 cm³/mol. The van der Waals surface area contributed by atoms with Gasteiger partial charge in [-0.25, -0.2) is 8.42 Å². The van der Waals surface area contributed by atoms with E-state index in [-0.39, 0.29) is 16.4 Å². The first-order valence-electron chi connectivity index (χ1n) is 11.3. The molecule has 2 N–H and O–H groups in total. The van der Waals surface area contributed by atoms with E-state index in [2.05, 4.69) is 20.8 Å². The van der Waals surface area contributed by atoms with E-state index in [0.717, 1.165) is 0 Å². The molecule has 11 heteroatoms. The summed E-state index contributed by atoms with van der Waals surface area (Å²) in [6.45, 7) is 7.75. The number of benzene rings is 2. The number of hydrogen-bond acceptors (Lipinski definition) is 7. The topological polar surface area (TPSA) is 134 Å². The predicted octanol–water partition coefficient (Wildman–Crippen LogP) is 3.16. The third-order valence-corrected chi connectivity index (χ3v) is 7.46. The van der Waals surface area contributed by atoms with Crippen molar-refractivity contribution < 1.29 is 22.4 Å². The highest BCUT2D eigenvalue weighted by atomic mass is 32.2. The number of amides is 2. The Morgan fingerprint density at radius 2 is 1.77 bits per heavy atom. The molecule has 10 nitrogen and oxygen atoms in total. The molecule has 0 bridgehead atoms. The zero-order chi connectivity index (χ0) is 25.6. The van der Waals surface area contributed by atoms with Crippen LogP contribution in [0.2, 0.25) is 0 Å². The first kappa shape index (κ1) is 26.0. The molecule has 186 valence electrons. The fraction of sp³-hybridized carbons (Fsp3) is 0.333. The highest BCUT2D eigenvalue weighted by Gasteiger charge is 2.27. The molecule has 1 unspecified atom stereocenters.